The third kappa shape index (κ3) is 4.89. The lowest BCUT2D eigenvalue weighted by Gasteiger charge is -2.09. The van der Waals surface area contributed by atoms with E-state index in [9.17, 15) is 4.79 Å². The van der Waals surface area contributed by atoms with E-state index in [4.69, 9.17) is 16.3 Å². The second kappa shape index (κ2) is 9.43. The van der Waals surface area contributed by atoms with Crippen LogP contribution in [0.2, 0.25) is 5.02 Å². The van der Waals surface area contributed by atoms with Gasteiger partial charge in [-0.15, -0.1) is 0 Å². The summed E-state index contributed by atoms with van der Waals surface area (Å²) >= 11 is 6.12. The van der Waals surface area contributed by atoms with Crippen LogP contribution in [0.4, 0.5) is 0 Å². The highest BCUT2D eigenvalue weighted by atomic mass is 35.5. The van der Waals surface area contributed by atoms with Gasteiger partial charge in [-0.05, 0) is 60.0 Å². The topological polar surface area (TPSA) is 59.0 Å². The number of fused-ring (bicyclic) bond motifs is 2. The maximum Gasteiger partial charge on any atom is 0.239 e. The second-order valence-electron chi connectivity index (χ2n) is 8.04. The maximum absolute atomic E-state index is 12.5. The number of hydrogen-bond donors (Lipinski definition) is 2. The van der Waals surface area contributed by atoms with Gasteiger partial charge >= 0.3 is 0 Å². The molecular weight excluding hydrogens is 434 g/mol. The zero-order chi connectivity index (χ0) is 22.6. The number of hydrogen-bond acceptors (Lipinski definition) is 2. The van der Waals surface area contributed by atoms with Crippen LogP contribution in [0.1, 0.15) is 11.1 Å². The van der Waals surface area contributed by atoms with Gasteiger partial charge in [-0.2, -0.15) is 0 Å². The van der Waals surface area contributed by atoms with Gasteiger partial charge in [-0.3, -0.25) is 4.79 Å². The number of H-pyrrole nitrogens is 1. The zero-order valence-electron chi connectivity index (χ0n) is 18.1. The SMILES string of the molecule is O=C(Cn1ccc2cc(OCc3ccccc3)ccc21)NCCc1c[nH]c2ccc(Cl)cc12. The molecule has 6 heteroatoms. The van der Waals surface area contributed by atoms with Crippen LogP contribution in [0.5, 0.6) is 5.75 Å². The average Bonchev–Trinajstić information content (AvgIpc) is 3.42. The van der Waals surface area contributed by atoms with Crippen molar-refractivity contribution < 1.29 is 9.53 Å². The van der Waals surface area contributed by atoms with E-state index in [0.29, 0.717) is 18.2 Å². The van der Waals surface area contributed by atoms with E-state index in [2.05, 4.69) is 10.3 Å². The molecule has 0 aliphatic heterocycles. The molecule has 166 valence electrons. The lowest BCUT2D eigenvalue weighted by Crippen LogP contribution is -2.29. The number of amides is 1. The van der Waals surface area contributed by atoms with Crippen molar-refractivity contribution in [2.45, 2.75) is 19.6 Å². The summed E-state index contributed by atoms with van der Waals surface area (Å²) in [4.78, 5) is 15.8. The van der Waals surface area contributed by atoms with E-state index in [0.717, 1.165) is 45.1 Å². The van der Waals surface area contributed by atoms with Crippen LogP contribution < -0.4 is 10.1 Å². The Hall–Kier alpha value is -3.70. The number of nitrogens with one attached hydrogen (secondary N) is 2. The molecule has 5 nitrogen and oxygen atoms in total. The molecule has 2 heterocycles. The number of halogens is 1. The zero-order valence-corrected chi connectivity index (χ0v) is 18.8. The van der Waals surface area contributed by atoms with E-state index in [-0.39, 0.29) is 12.5 Å². The molecule has 5 aromatic rings. The van der Waals surface area contributed by atoms with Crippen molar-refractivity contribution in [3.05, 3.63) is 101 Å². The number of aromatic nitrogens is 2. The van der Waals surface area contributed by atoms with Gasteiger partial charge in [-0.1, -0.05) is 41.9 Å². The minimum atomic E-state index is -0.0187. The minimum absolute atomic E-state index is 0.0187. The third-order valence-electron chi connectivity index (χ3n) is 5.75. The summed E-state index contributed by atoms with van der Waals surface area (Å²) < 4.78 is 7.87. The first-order valence-electron chi connectivity index (χ1n) is 10.9. The van der Waals surface area contributed by atoms with Gasteiger partial charge in [0.05, 0.1) is 0 Å². The molecule has 33 heavy (non-hydrogen) atoms. The van der Waals surface area contributed by atoms with Gasteiger partial charge in [0.1, 0.15) is 18.9 Å². The molecule has 2 aromatic heterocycles. The molecule has 0 atom stereocenters. The fourth-order valence-corrected chi connectivity index (χ4v) is 4.22. The standard InChI is InChI=1S/C27H24ClN3O2/c28-22-6-8-25-24(15-22)21(16-30-25)10-12-29-27(32)17-31-13-11-20-14-23(7-9-26(20)31)33-18-19-4-2-1-3-5-19/h1-9,11,13-16,30H,10,12,17-18H2,(H,29,32). The maximum atomic E-state index is 12.5. The third-order valence-corrected chi connectivity index (χ3v) is 5.99. The van der Waals surface area contributed by atoms with Crippen LogP contribution in [0.15, 0.2) is 85.2 Å². The van der Waals surface area contributed by atoms with Gasteiger partial charge in [0.25, 0.3) is 0 Å². The van der Waals surface area contributed by atoms with E-state index in [1.807, 2.05) is 89.8 Å². The van der Waals surface area contributed by atoms with E-state index in [1.54, 1.807) is 0 Å². The molecule has 1 amide bonds. The van der Waals surface area contributed by atoms with Crippen LogP contribution in [0, 0.1) is 0 Å². The normalized spacial score (nSPS) is 11.2. The van der Waals surface area contributed by atoms with Gasteiger partial charge in [0.15, 0.2) is 0 Å². The largest absolute Gasteiger partial charge is 0.489 e. The molecule has 2 N–H and O–H groups in total. The van der Waals surface area contributed by atoms with E-state index in [1.165, 1.54) is 0 Å². The number of carbonyl (C=O) groups excluding carboxylic acids is 1. The first kappa shape index (κ1) is 21.2. The van der Waals surface area contributed by atoms with E-state index >= 15 is 0 Å². The highest BCUT2D eigenvalue weighted by molar-refractivity contribution is 6.31. The Balaban J connectivity index is 1.17. The Morgan fingerprint density at radius 2 is 1.91 bits per heavy atom. The van der Waals surface area contributed by atoms with Crippen LogP contribution in [-0.2, 0) is 24.4 Å². The lowest BCUT2D eigenvalue weighted by atomic mass is 10.1. The number of carbonyl (C=O) groups is 1. The molecule has 0 aliphatic rings. The Labute approximate surface area is 196 Å². The molecule has 5 rings (SSSR count). The van der Waals surface area contributed by atoms with Gasteiger partial charge < -0.3 is 19.6 Å². The Kier molecular flexibility index (Phi) is 6.05. The Bertz CT molecular complexity index is 1410. The van der Waals surface area contributed by atoms with Crippen molar-refractivity contribution in [3.63, 3.8) is 0 Å². The summed E-state index contributed by atoms with van der Waals surface area (Å²) in [5.74, 6) is 0.794. The molecule has 0 aliphatic carbocycles. The van der Waals surface area contributed by atoms with Crippen LogP contribution in [0.25, 0.3) is 21.8 Å². The molecular formula is C27H24ClN3O2. The summed E-state index contributed by atoms with van der Waals surface area (Å²) in [6, 6.07) is 23.8. The second-order valence-corrected chi connectivity index (χ2v) is 8.48. The predicted molar refractivity (Wildman–Crippen MR) is 133 cm³/mol. The van der Waals surface area contributed by atoms with Crippen molar-refractivity contribution in [1.82, 2.24) is 14.9 Å². The number of nitrogens with zero attached hydrogens (tertiary/aromatic N) is 1. The molecule has 3 aromatic carbocycles. The Morgan fingerprint density at radius 3 is 2.79 bits per heavy atom. The van der Waals surface area contributed by atoms with Crippen molar-refractivity contribution >= 4 is 39.3 Å². The molecule has 0 fully saturated rings. The number of ether oxygens (including phenoxy) is 1. The molecule has 0 radical (unpaired) electrons. The monoisotopic (exact) mass is 457 g/mol. The minimum Gasteiger partial charge on any atom is -0.489 e. The summed E-state index contributed by atoms with van der Waals surface area (Å²) in [6.45, 7) is 1.36. The number of aromatic amines is 1. The van der Waals surface area contributed by atoms with Crippen LogP contribution in [0.3, 0.4) is 0 Å². The number of rotatable bonds is 8. The van der Waals surface area contributed by atoms with Crippen molar-refractivity contribution in [2.24, 2.45) is 0 Å². The molecule has 0 saturated heterocycles. The average molecular weight is 458 g/mol. The molecule has 0 saturated carbocycles. The summed E-state index contributed by atoms with van der Waals surface area (Å²) in [6.07, 6.45) is 4.65. The van der Waals surface area contributed by atoms with E-state index < -0.39 is 0 Å². The smallest absolute Gasteiger partial charge is 0.239 e. The fraction of sp³-hybridized carbons (Fsp3) is 0.148. The van der Waals surface area contributed by atoms with Crippen LogP contribution in [-0.4, -0.2) is 22.0 Å². The first-order valence-corrected chi connectivity index (χ1v) is 11.3. The fourth-order valence-electron chi connectivity index (χ4n) is 4.05. The highest BCUT2D eigenvalue weighted by Crippen LogP contribution is 2.24. The number of benzene rings is 3. The van der Waals surface area contributed by atoms with Crippen molar-refractivity contribution in [2.75, 3.05) is 6.54 Å². The van der Waals surface area contributed by atoms with Crippen LogP contribution >= 0.6 is 11.6 Å². The predicted octanol–water partition coefficient (Wildman–Crippen LogP) is 5.71. The summed E-state index contributed by atoms with van der Waals surface area (Å²) in [7, 11) is 0. The molecule has 0 unspecified atom stereocenters. The molecule has 0 spiro atoms. The first-order chi connectivity index (χ1) is 16.2. The summed E-state index contributed by atoms with van der Waals surface area (Å²) in [5.41, 5.74) is 4.32. The van der Waals surface area contributed by atoms with Gasteiger partial charge in [0, 0.05) is 45.8 Å². The highest BCUT2D eigenvalue weighted by Gasteiger charge is 2.09. The Morgan fingerprint density at radius 1 is 1.03 bits per heavy atom. The van der Waals surface area contributed by atoms with Gasteiger partial charge in [-0.25, -0.2) is 0 Å². The molecule has 0 bridgehead atoms. The quantitative estimate of drug-likeness (QED) is 0.313. The van der Waals surface area contributed by atoms with Crippen molar-refractivity contribution in [3.8, 4) is 5.75 Å². The lowest BCUT2D eigenvalue weighted by molar-refractivity contribution is -0.121. The summed E-state index contributed by atoms with van der Waals surface area (Å²) in [5, 5.41) is 5.87. The van der Waals surface area contributed by atoms with Gasteiger partial charge in [0.2, 0.25) is 5.91 Å². The van der Waals surface area contributed by atoms with Crippen molar-refractivity contribution in [1.29, 1.82) is 0 Å².